The van der Waals surface area contributed by atoms with Crippen LogP contribution in [0.15, 0.2) is 11.4 Å². The Morgan fingerprint density at radius 2 is 1.89 bits per heavy atom. The molecule has 0 amide bonds. The number of rotatable bonds is 4. The van der Waals surface area contributed by atoms with Crippen LogP contribution in [0.4, 0.5) is 0 Å². The van der Waals surface area contributed by atoms with Gasteiger partial charge in [0.25, 0.3) is 0 Å². The fourth-order valence-electron chi connectivity index (χ4n) is 2.59. The van der Waals surface area contributed by atoms with Crippen LogP contribution in [0.5, 0.6) is 0 Å². The van der Waals surface area contributed by atoms with E-state index >= 15 is 0 Å². The van der Waals surface area contributed by atoms with Gasteiger partial charge in [-0.2, -0.15) is 0 Å². The van der Waals surface area contributed by atoms with Crippen molar-refractivity contribution in [3.8, 4) is 0 Å². The Bertz CT molecular complexity index is 349. The van der Waals surface area contributed by atoms with Crippen molar-refractivity contribution in [2.75, 3.05) is 26.2 Å². The summed E-state index contributed by atoms with van der Waals surface area (Å²) >= 11 is 1.93. The lowest BCUT2D eigenvalue weighted by Crippen LogP contribution is -2.45. The lowest BCUT2D eigenvalue weighted by atomic mass is 9.98. The maximum absolute atomic E-state index is 3.44. The molecule has 2 rings (SSSR count). The Hall–Kier alpha value is 0.200. The molecule has 0 bridgehead atoms. The van der Waals surface area contributed by atoms with Crippen LogP contribution in [0.3, 0.4) is 0 Å². The minimum atomic E-state index is 0. The van der Waals surface area contributed by atoms with Crippen LogP contribution >= 0.6 is 36.2 Å². The molecule has 1 aromatic rings. The number of halogens is 2. The van der Waals surface area contributed by atoms with Crippen molar-refractivity contribution >= 4 is 36.2 Å². The van der Waals surface area contributed by atoms with Crippen molar-refractivity contribution in [3.63, 3.8) is 0 Å². The molecule has 112 valence electrons. The summed E-state index contributed by atoms with van der Waals surface area (Å²) in [5.41, 5.74) is 1.47. The van der Waals surface area contributed by atoms with Gasteiger partial charge < -0.3 is 5.32 Å². The van der Waals surface area contributed by atoms with Gasteiger partial charge in [-0.3, -0.25) is 4.90 Å². The minimum absolute atomic E-state index is 0. The third-order valence-electron chi connectivity index (χ3n) is 3.49. The fourth-order valence-corrected chi connectivity index (χ4v) is 3.66. The number of piperazine rings is 1. The molecule has 0 spiro atoms. The molecule has 0 saturated carbocycles. The lowest BCUT2D eigenvalue weighted by molar-refractivity contribution is 0.156. The number of nitrogens with one attached hydrogen (secondary N) is 1. The van der Waals surface area contributed by atoms with E-state index in [9.17, 15) is 0 Å². The second-order valence-corrected chi connectivity index (χ2v) is 6.35. The van der Waals surface area contributed by atoms with E-state index in [4.69, 9.17) is 0 Å². The van der Waals surface area contributed by atoms with Crippen LogP contribution in [-0.2, 0) is 0 Å². The van der Waals surface area contributed by atoms with Gasteiger partial charge in [0.1, 0.15) is 0 Å². The van der Waals surface area contributed by atoms with Gasteiger partial charge in [0.05, 0.1) is 0 Å². The number of hydrogen-bond donors (Lipinski definition) is 1. The van der Waals surface area contributed by atoms with Gasteiger partial charge in [0, 0.05) is 37.1 Å². The van der Waals surface area contributed by atoms with E-state index in [0.29, 0.717) is 6.04 Å². The Kier molecular flexibility index (Phi) is 9.29. The summed E-state index contributed by atoms with van der Waals surface area (Å²) < 4.78 is 0. The van der Waals surface area contributed by atoms with Gasteiger partial charge in [0.15, 0.2) is 0 Å². The van der Waals surface area contributed by atoms with Crippen LogP contribution in [0.2, 0.25) is 0 Å². The van der Waals surface area contributed by atoms with E-state index in [1.807, 2.05) is 11.3 Å². The first-order chi connectivity index (χ1) is 8.18. The fraction of sp³-hybridized carbons (Fsp3) is 0.714. The highest BCUT2D eigenvalue weighted by atomic mass is 35.5. The first kappa shape index (κ1) is 19.2. The molecule has 2 nitrogen and oxygen atoms in total. The van der Waals surface area contributed by atoms with Crippen molar-refractivity contribution < 1.29 is 0 Å². The highest BCUT2D eigenvalue weighted by Crippen LogP contribution is 2.33. The van der Waals surface area contributed by atoms with Gasteiger partial charge in [-0.25, -0.2) is 0 Å². The molecule has 5 heteroatoms. The smallest absolute Gasteiger partial charge is 0.0447 e. The molecule has 1 saturated heterocycles. The maximum Gasteiger partial charge on any atom is 0.0447 e. The van der Waals surface area contributed by atoms with E-state index in [1.54, 1.807) is 4.88 Å². The molecule has 0 aliphatic carbocycles. The predicted molar refractivity (Wildman–Crippen MR) is 90.2 cm³/mol. The van der Waals surface area contributed by atoms with Crippen LogP contribution in [0.25, 0.3) is 0 Å². The molecular weight excluding hydrogens is 299 g/mol. The molecule has 19 heavy (non-hydrogen) atoms. The van der Waals surface area contributed by atoms with Crippen LogP contribution in [0, 0.1) is 12.8 Å². The third-order valence-corrected chi connectivity index (χ3v) is 4.61. The van der Waals surface area contributed by atoms with Gasteiger partial charge >= 0.3 is 0 Å². The Morgan fingerprint density at radius 1 is 1.26 bits per heavy atom. The predicted octanol–water partition coefficient (Wildman–Crippen LogP) is 3.89. The molecule has 1 aliphatic heterocycles. The van der Waals surface area contributed by atoms with Gasteiger partial charge in [-0.1, -0.05) is 13.8 Å². The molecule has 0 aromatic carbocycles. The average Bonchev–Trinajstić information content (AvgIpc) is 2.73. The molecular formula is C14H26Cl2N2S. The molecule has 1 aliphatic rings. The molecule has 1 N–H and O–H groups in total. The molecule has 1 aromatic heterocycles. The van der Waals surface area contributed by atoms with Crippen LogP contribution in [-0.4, -0.2) is 31.1 Å². The first-order valence-corrected chi connectivity index (χ1v) is 7.55. The van der Waals surface area contributed by atoms with Crippen LogP contribution < -0.4 is 5.32 Å². The Labute approximate surface area is 133 Å². The van der Waals surface area contributed by atoms with Gasteiger partial charge in [-0.15, -0.1) is 36.2 Å². The summed E-state index contributed by atoms with van der Waals surface area (Å²) in [6, 6.07) is 2.90. The molecule has 2 heterocycles. The Morgan fingerprint density at radius 3 is 2.37 bits per heavy atom. The Balaban J connectivity index is 0.00000162. The summed E-state index contributed by atoms with van der Waals surface area (Å²) in [4.78, 5) is 4.25. The zero-order valence-corrected chi connectivity index (χ0v) is 14.5. The molecule has 1 fully saturated rings. The topological polar surface area (TPSA) is 15.3 Å². The summed E-state index contributed by atoms with van der Waals surface area (Å²) in [5.74, 6) is 0.761. The summed E-state index contributed by atoms with van der Waals surface area (Å²) in [6.45, 7) is 11.6. The summed E-state index contributed by atoms with van der Waals surface area (Å²) in [7, 11) is 0. The van der Waals surface area contributed by atoms with E-state index < -0.39 is 0 Å². The minimum Gasteiger partial charge on any atom is -0.314 e. The normalized spacial score (nSPS) is 17.7. The van der Waals surface area contributed by atoms with Crippen molar-refractivity contribution in [2.45, 2.75) is 33.2 Å². The van der Waals surface area contributed by atoms with E-state index in [0.717, 1.165) is 19.0 Å². The molecule has 1 atom stereocenters. The highest BCUT2D eigenvalue weighted by molar-refractivity contribution is 7.10. The summed E-state index contributed by atoms with van der Waals surface area (Å²) in [6.07, 6.45) is 1.28. The zero-order valence-electron chi connectivity index (χ0n) is 12.0. The lowest BCUT2D eigenvalue weighted by Gasteiger charge is -2.35. The highest BCUT2D eigenvalue weighted by Gasteiger charge is 2.24. The molecule has 0 unspecified atom stereocenters. The quantitative estimate of drug-likeness (QED) is 0.903. The van der Waals surface area contributed by atoms with Gasteiger partial charge in [-0.05, 0) is 36.3 Å². The number of aryl methyl sites for hydroxylation is 1. The van der Waals surface area contributed by atoms with E-state index in [-0.39, 0.29) is 24.8 Å². The number of hydrogen-bond acceptors (Lipinski definition) is 3. The maximum atomic E-state index is 3.44. The van der Waals surface area contributed by atoms with Crippen LogP contribution in [0.1, 0.15) is 36.8 Å². The standard InChI is InChI=1S/C14H24N2S.2ClH/c1-11(2)10-13(14-12(3)4-9-17-14)16-7-5-15-6-8-16;;/h4,9,11,13,15H,5-8,10H2,1-3H3;2*1H/t13-;;/m1../s1. The summed E-state index contributed by atoms with van der Waals surface area (Å²) in [5, 5.41) is 5.68. The van der Waals surface area contributed by atoms with E-state index in [2.05, 4.69) is 42.4 Å². The second kappa shape index (κ2) is 9.19. The van der Waals surface area contributed by atoms with Crippen molar-refractivity contribution in [3.05, 3.63) is 21.9 Å². The van der Waals surface area contributed by atoms with Gasteiger partial charge in [0.2, 0.25) is 0 Å². The van der Waals surface area contributed by atoms with Crippen molar-refractivity contribution in [2.24, 2.45) is 5.92 Å². The second-order valence-electron chi connectivity index (χ2n) is 5.40. The monoisotopic (exact) mass is 324 g/mol. The number of nitrogens with zero attached hydrogens (tertiary/aromatic N) is 1. The number of thiophene rings is 1. The van der Waals surface area contributed by atoms with Crippen molar-refractivity contribution in [1.82, 2.24) is 10.2 Å². The SMILES string of the molecule is Cc1ccsc1[C@@H](CC(C)C)N1CCNCC1.Cl.Cl. The first-order valence-electron chi connectivity index (χ1n) is 6.67. The van der Waals surface area contributed by atoms with E-state index in [1.165, 1.54) is 25.1 Å². The molecule has 0 radical (unpaired) electrons. The third kappa shape index (κ3) is 5.24. The largest absolute Gasteiger partial charge is 0.314 e. The van der Waals surface area contributed by atoms with Crippen molar-refractivity contribution in [1.29, 1.82) is 0 Å². The average molecular weight is 325 g/mol. The zero-order chi connectivity index (χ0) is 12.3.